The number of nitrogens with zero attached hydrogens (tertiary/aromatic N) is 1. The first-order chi connectivity index (χ1) is 9.19. The van der Waals surface area contributed by atoms with Gasteiger partial charge in [0.15, 0.2) is 0 Å². The molecule has 2 heterocycles. The van der Waals surface area contributed by atoms with Crippen LogP contribution in [-0.2, 0) is 4.74 Å². The van der Waals surface area contributed by atoms with Crippen LogP contribution >= 0.6 is 11.8 Å². The highest BCUT2D eigenvalue weighted by molar-refractivity contribution is 7.99. The highest BCUT2D eigenvalue weighted by Gasteiger charge is 2.41. The minimum absolute atomic E-state index is 0.209. The molecule has 2 aliphatic heterocycles. The van der Waals surface area contributed by atoms with Gasteiger partial charge in [0.25, 0.3) is 0 Å². The van der Waals surface area contributed by atoms with Crippen LogP contribution in [0.15, 0.2) is 24.3 Å². The van der Waals surface area contributed by atoms with Crippen LogP contribution in [0.1, 0.15) is 19.3 Å². The third kappa shape index (κ3) is 2.52. The van der Waals surface area contributed by atoms with Crippen molar-refractivity contribution in [3.63, 3.8) is 0 Å². The maximum absolute atomic E-state index is 12.2. The average molecular weight is 278 g/mol. The van der Waals surface area contributed by atoms with Gasteiger partial charge in [-0.1, -0.05) is 6.07 Å². The number of amides is 1. The van der Waals surface area contributed by atoms with Crippen LogP contribution in [0, 0.1) is 0 Å². The molecule has 1 spiro atoms. The van der Waals surface area contributed by atoms with E-state index in [1.807, 2.05) is 36.0 Å². The Morgan fingerprint density at radius 2 is 2.05 bits per heavy atom. The summed E-state index contributed by atoms with van der Waals surface area (Å²) in [5.74, 6) is 2.18. The Hall–Kier alpha value is -1.36. The van der Waals surface area contributed by atoms with Crippen LogP contribution in [0.3, 0.4) is 0 Å². The van der Waals surface area contributed by atoms with Gasteiger partial charge in [-0.15, -0.1) is 0 Å². The molecule has 2 aliphatic rings. The topological polar surface area (TPSA) is 55.6 Å². The largest absolute Gasteiger partial charge is 0.442 e. The molecular weight excluding hydrogens is 260 g/mol. The molecule has 0 atom stereocenters. The SMILES string of the molecule is Nc1cccc(N2CCC3(CCSCC3)OC2=O)c1. The Morgan fingerprint density at radius 1 is 1.26 bits per heavy atom. The maximum atomic E-state index is 12.2. The Labute approximate surface area is 117 Å². The summed E-state index contributed by atoms with van der Waals surface area (Å²) in [6, 6.07) is 7.39. The fraction of sp³-hybridized carbons (Fsp3) is 0.500. The first-order valence-electron chi connectivity index (χ1n) is 6.62. The van der Waals surface area contributed by atoms with Gasteiger partial charge in [0.2, 0.25) is 0 Å². The normalized spacial score (nSPS) is 22.3. The molecule has 0 saturated carbocycles. The number of rotatable bonds is 1. The Kier molecular flexibility index (Phi) is 3.31. The van der Waals surface area contributed by atoms with Crippen molar-refractivity contribution in [2.45, 2.75) is 24.9 Å². The van der Waals surface area contributed by atoms with Crippen LogP contribution < -0.4 is 10.6 Å². The van der Waals surface area contributed by atoms with Crippen molar-refractivity contribution in [3.8, 4) is 0 Å². The summed E-state index contributed by atoms with van der Waals surface area (Å²) in [6.07, 6.45) is 2.64. The standard InChI is InChI=1S/C14H18N2O2S/c15-11-2-1-3-12(10-11)16-7-4-14(18-13(16)17)5-8-19-9-6-14/h1-3,10H,4-9,15H2. The summed E-state index contributed by atoms with van der Waals surface area (Å²) in [5, 5.41) is 0. The molecule has 0 aromatic heterocycles. The lowest BCUT2D eigenvalue weighted by Gasteiger charge is -2.43. The molecule has 1 aromatic carbocycles. The highest BCUT2D eigenvalue weighted by atomic mass is 32.2. The molecule has 5 heteroatoms. The number of nitrogen functional groups attached to an aromatic ring is 1. The average Bonchev–Trinajstić information content (AvgIpc) is 2.39. The van der Waals surface area contributed by atoms with Crippen molar-refractivity contribution >= 4 is 29.2 Å². The van der Waals surface area contributed by atoms with Gasteiger partial charge in [0.05, 0.1) is 0 Å². The summed E-state index contributed by atoms with van der Waals surface area (Å²) < 4.78 is 5.75. The number of thioether (sulfide) groups is 1. The lowest BCUT2D eigenvalue weighted by molar-refractivity contribution is -0.0108. The van der Waals surface area contributed by atoms with Crippen molar-refractivity contribution in [1.82, 2.24) is 0 Å². The van der Waals surface area contributed by atoms with Crippen molar-refractivity contribution in [2.24, 2.45) is 0 Å². The number of anilines is 2. The van der Waals surface area contributed by atoms with Gasteiger partial charge in [0.1, 0.15) is 5.60 Å². The Morgan fingerprint density at radius 3 is 2.74 bits per heavy atom. The molecule has 19 heavy (non-hydrogen) atoms. The van der Waals surface area contributed by atoms with Gasteiger partial charge in [-0.05, 0) is 42.5 Å². The molecule has 1 amide bonds. The molecule has 2 fully saturated rings. The van der Waals surface area contributed by atoms with Crippen molar-refractivity contribution in [1.29, 1.82) is 0 Å². The summed E-state index contributed by atoms with van der Waals surface area (Å²) in [4.78, 5) is 13.9. The first kappa shape index (κ1) is 12.7. The molecule has 2 N–H and O–H groups in total. The summed E-state index contributed by atoms with van der Waals surface area (Å²) in [6.45, 7) is 0.715. The zero-order valence-electron chi connectivity index (χ0n) is 10.8. The van der Waals surface area contributed by atoms with E-state index in [9.17, 15) is 4.79 Å². The van der Waals surface area contributed by atoms with Gasteiger partial charge in [0, 0.05) is 24.3 Å². The molecule has 0 radical (unpaired) electrons. The molecule has 4 nitrogen and oxygen atoms in total. The van der Waals surface area contributed by atoms with E-state index < -0.39 is 0 Å². The lowest BCUT2D eigenvalue weighted by Crippen LogP contribution is -2.51. The predicted octanol–water partition coefficient (Wildman–Crippen LogP) is 2.88. The van der Waals surface area contributed by atoms with E-state index in [1.54, 1.807) is 4.90 Å². The summed E-state index contributed by atoms with van der Waals surface area (Å²) >= 11 is 1.94. The summed E-state index contributed by atoms with van der Waals surface area (Å²) in [7, 11) is 0. The Balaban J connectivity index is 1.76. The predicted molar refractivity (Wildman–Crippen MR) is 78.6 cm³/mol. The molecular formula is C14H18N2O2S. The van der Waals surface area contributed by atoms with Gasteiger partial charge >= 0.3 is 6.09 Å². The van der Waals surface area contributed by atoms with Crippen LogP contribution in [0.4, 0.5) is 16.2 Å². The molecule has 102 valence electrons. The van der Waals surface area contributed by atoms with Crippen molar-refractivity contribution in [3.05, 3.63) is 24.3 Å². The quantitative estimate of drug-likeness (QED) is 0.803. The molecule has 3 rings (SSSR count). The third-order valence-corrected chi connectivity index (χ3v) is 4.89. The van der Waals surface area contributed by atoms with Gasteiger partial charge < -0.3 is 10.5 Å². The second-order valence-corrected chi connectivity index (χ2v) is 6.38. The minimum Gasteiger partial charge on any atom is -0.442 e. The monoisotopic (exact) mass is 278 g/mol. The van der Waals surface area contributed by atoms with Gasteiger partial charge in [-0.2, -0.15) is 11.8 Å². The zero-order valence-corrected chi connectivity index (χ0v) is 11.6. The fourth-order valence-electron chi connectivity index (χ4n) is 2.72. The van der Waals surface area contributed by atoms with Crippen molar-refractivity contribution < 1.29 is 9.53 Å². The number of carbonyl (C=O) groups excluding carboxylic acids is 1. The lowest BCUT2D eigenvalue weighted by atomic mass is 9.91. The molecule has 1 aromatic rings. The number of hydrogen-bond donors (Lipinski definition) is 1. The molecule has 0 unspecified atom stereocenters. The van der Waals surface area contributed by atoms with E-state index in [1.165, 1.54) is 0 Å². The van der Waals surface area contributed by atoms with Crippen LogP contribution in [0.25, 0.3) is 0 Å². The number of benzene rings is 1. The molecule has 0 aliphatic carbocycles. The van der Waals surface area contributed by atoms with E-state index in [0.29, 0.717) is 12.2 Å². The zero-order chi connectivity index (χ0) is 13.3. The first-order valence-corrected chi connectivity index (χ1v) is 7.78. The van der Waals surface area contributed by atoms with E-state index >= 15 is 0 Å². The second-order valence-electron chi connectivity index (χ2n) is 5.16. The summed E-state index contributed by atoms with van der Waals surface area (Å²) in [5.41, 5.74) is 7.05. The third-order valence-electron chi connectivity index (χ3n) is 3.90. The fourth-order valence-corrected chi connectivity index (χ4v) is 3.96. The number of ether oxygens (including phenoxy) is 1. The minimum atomic E-state index is -0.233. The number of hydrogen-bond acceptors (Lipinski definition) is 4. The number of carbonyl (C=O) groups is 1. The van der Waals surface area contributed by atoms with E-state index in [4.69, 9.17) is 10.5 Å². The second kappa shape index (κ2) is 4.96. The van der Waals surface area contributed by atoms with Crippen LogP contribution in [0.5, 0.6) is 0 Å². The van der Waals surface area contributed by atoms with Gasteiger partial charge in [-0.3, -0.25) is 4.90 Å². The Bertz CT molecular complexity index is 486. The van der Waals surface area contributed by atoms with Crippen LogP contribution in [-0.4, -0.2) is 29.7 Å². The van der Waals surface area contributed by atoms with Crippen LogP contribution in [0.2, 0.25) is 0 Å². The number of nitrogens with two attached hydrogens (primary N) is 1. The van der Waals surface area contributed by atoms with Gasteiger partial charge in [-0.25, -0.2) is 4.79 Å². The molecule has 0 bridgehead atoms. The maximum Gasteiger partial charge on any atom is 0.414 e. The molecule has 2 saturated heterocycles. The van der Waals surface area contributed by atoms with Crippen molar-refractivity contribution in [2.75, 3.05) is 28.7 Å². The van der Waals surface area contributed by atoms with E-state index in [2.05, 4.69) is 0 Å². The van der Waals surface area contributed by atoms with E-state index in [-0.39, 0.29) is 11.7 Å². The highest BCUT2D eigenvalue weighted by Crippen LogP contribution is 2.37. The van der Waals surface area contributed by atoms with E-state index in [0.717, 1.165) is 36.5 Å². The smallest absolute Gasteiger partial charge is 0.414 e.